The molecule has 19 heavy (non-hydrogen) atoms. The van der Waals surface area contributed by atoms with Gasteiger partial charge in [0.15, 0.2) is 6.29 Å². The van der Waals surface area contributed by atoms with Crippen molar-refractivity contribution in [3.8, 4) is 0 Å². The maximum atomic E-state index is 10.9. The van der Waals surface area contributed by atoms with E-state index in [1.54, 1.807) is 0 Å². The largest absolute Gasteiger partial charge is 0.471 e. The molecular weight excluding hydrogens is 281 g/mol. The van der Waals surface area contributed by atoms with Crippen LogP contribution >= 0.6 is 7.82 Å². The molecule has 0 unspecified atom stereocenters. The molecule has 11 heteroatoms. The number of phosphoric acid groups is 1. The molecule has 1 saturated heterocycles. The van der Waals surface area contributed by atoms with Crippen molar-refractivity contribution < 1.29 is 33.1 Å². The maximum absolute atomic E-state index is 10.9. The Kier molecular flexibility index (Phi) is 5.30. The number of hydrogen-bond acceptors (Lipinski definition) is 6. The summed E-state index contributed by atoms with van der Waals surface area (Å²) in [6, 6.07) is -0.825. The van der Waals surface area contributed by atoms with Gasteiger partial charge >= 0.3 is 13.8 Å². The Hall–Kier alpha value is -1.15. The van der Waals surface area contributed by atoms with Crippen LogP contribution in [0.2, 0.25) is 0 Å². The molecular formula is C8H14N3O7P. The van der Waals surface area contributed by atoms with Crippen molar-refractivity contribution in [3.63, 3.8) is 0 Å². The summed E-state index contributed by atoms with van der Waals surface area (Å²) in [4.78, 5) is 31.0. The summed E-state index contributed by atoms with van der Waals surface area (Å²) in [6.07, 6.45) is -2.93. The lowest BCUT2D eigenvalue weighted by molar-refractivity contribution is -0.205. The number of carbonyl (C=O) groups excluding carboxylic acids is 1. The van der Waals surface area contributed by atoms with Crippen LogP contribution < -0.4 is 0 Å². The van der Waals surface area contributed by atoms with E-state index in [0.29, 0.717) is 0 Å². The number of hydrogen-bond donors (Lipinski definition) is 2. The number of phosphoric ester groups is 1. The van der Waals surface area contributed by atoms with E-state index in [1.165, 1.54) is 13.8 Å². The van der Waals surface area contributed by atoms with E-state index in [4.69, 9.17) is 24.8 Å². The normalized spacial score (nSPS) is 31.4. The quantitative estimate of drug-likeness (QED) is 0.256. The van der Waals surface area contributed by atoms with Gasteiger partial charge in [0.1, 0.15) is 6.10 Å². The molecule has 1 heterocycles. The molecule has 0 amide bonds. The number of ether oxygens (including phenoxy) is 2. The van der Waals surface area contributed by atoms with E-state index in [2.05, 4.69) is 14.5 Å². The van der Waals surface area contributed by atoms with E-state index in [1.807, 2.05) is 0 Å². The lowest BCUT2D eigenvalue weighted by Gasteiger charge is -2.37. The molecule has 0 radical (unpaired) electrons. The standard InChI is InChI=1S/C8H14N3O7P/c1-4-8(17-5(2)12)6(10-11-9)3-7(16-4)18-19(13,14)15/h4,6-8H,3H2,1-2H3,(H2,13,14,15)/t4-,6-,7+,8+/m0/s1. The van der Waals surface area contributed by atoms with Gasteiger partial charge in [0.25, 0.3) is 0 Å². The van der Waals surface area contributed by atoms with Crippen LogP contribution in [-0.4, -0.2) is 40.3 Å². The molecule has 1 fully saturated rings. The lowest BCUT2D eigenvalue weighted by Crippen LogP contribution is -2.48. The minimum atomic E-state index is -4.72. The van der Waals surface area contributed by atoms with Crippen LogP contribution in [0.25, 0.3) is 10.4 Å². The van der Waals surface area contributed by atoms with Gasteiger partial charge in [-0.3, -0.25) is 9.32 Å². The van der Waals surface area contributed by atoms with Crippen molar-refractivity contribution in [1.82, 2.24) is 0 Å². The highest BCUT2D eigenvalue weighted by Crippen LogP contribution is 2.41. The molecule has 0 bridgehead atoms. The third kappa shape index (κ3) is 5.15. The second-order valence-corrected chi connectivity index (χ2v) is 5.14. The van der Waals surface area contributed by atoms with E-state index in [0.717, 1.165) is 0 Å². The van der Waals surface area contributed by atoms with Crippen LogP contribution in [0.5, 0.6) is 0 Å². The fraction of sp³-hybridized carbons (Fsp3) is 0.875. The Morgan fingerprint density at radius 3 is 2.68 bits per heavy atom. The second kappa shape index (κ2) is 6.33. The average molecular weight is 295 g/mol. The fourth-order valence-electron chi connectivity index (χ4n) is 1.78. The van der Waals surface area contributed by atoms with E-state index < -0.39 is 38.3 Å². The summed E-state index contributed by atoms with van der Waals surface area (Å²) in [6.45, 7) is 2.71. The Morgan fingerprint density at radius 2 is 2.21 bits per heavy atom. The number of nitrogens with zero attached hydrogens (tertiary/aromatic N) is 3. The van der Waals surface area contributed by atoms with Gasteiger partial charge in [-0.2, -0.15) is 0 Å². The molecule has 0 aromatic rings. The first kappa shape index (κ1) is 15.9. The van der Waals surface area contributed by atoms with Crippen molar-refractivity contribution >= 4 is 13.8 Å². The number of carbonyl (C=O) groups is 1. The van der Waals surface area contributed by atoms with Crippen LogP contribution in [-0.2, 0) is 23.4 Å². The zero-order chi connectivity index (χ0) is 14.6. The Balaban J connectivity index is 2.82. The predicted molar refractivity (Wildman–Crippen MR) is 60.6 cm³/mol. The summed E-state index contributed by atoms with van der Waals surface area (Å²) in [7, 11) is -4.72. The molecule has 1 aliphatic rings. The van der Waals surface area contributed by atoms with Gasteiger partial charge in [-0.1, -0.05) is 5.11 Å². The van der Waals surface area contributed by atoms with Crippen LogP contribution in [0.1, 0.15) is 20.3 Å². The molecule has 0 aliphatic carbocycles. The van der Waals surface area contributed by atoms with Crippen molar-refractivity contribution in [2.45, 2.75) is 44.8 Å². The van der Waals surface area contributed by atoms with Crippen molar-refractivity contribution in [1.29, 1.82) is 0 Å². The maximum Gasteiger partial charge on any atom is 0.471 e. The van der Waals surface area contributed by atoms with E-state index in [9.17, 15) is 9.36 Å². The third-order valence-electron chi connectivity index (χ3n) is 2.40. The zero-order valence-electron chi connectivity index (χ0n) is 10.2. The molecule has 0 saturated carbocycles. The third-order valence-corrected chi connectivity index (χ3v) is 2.91. The van der Waals surface area contributed by atoms with Crippen LogP contribution in [0, 0.1) is 0 Å². The molecule has 10 nitrogen and oxygen atoms in total. The number of azide groups is 1. The molecule has 0 aromatic heterocycles. The lowest BCUT2D eigenvalue weighted by atomic mass is 10.0. The van der Waals surface area contributed by atoms with Crippen molar-refractivity contribution in [3.05, 3.63) is 10.4 Å². The first-order valence-electron chi connectivity index (χ1n) is 5.33. The highest BCUT2D eigenvalue weighted by Gasteiger charge is 2.40. The minimum absolute atomic E-state index is 0.128. The minimum Gasteiger partial charge on any atom is -0.459 e. The highest BCUT2D eigenvalue weighted by molar-refractivity contribution is 7.46. The first-order chi connectivity index (χ1) is 8.73. The molecule has 2 N–H and O–H groups in total. The second-order valence-electron chi connectivity index (χ2n) is 3.95. The van der Waals surface area contributed by atoms with Crippen LogP contribution in [0.3, 0.4) is 0 Å². The molecule has 0 spiro atoms. The first-order valence-corrected chi connectivity index (χ1v) is 6.87. The Bertz CT molecular complexity index is 432. The zero-order valence-corrected chi connectivity index (χ0v) is 11.1. The number of rotatable bonds is 4. The molecule has 108 valence electrons. The van der Waals surface area contributed by atoms with Crippen LogP contribution in [0.15, 0.2) is 5.11 Å². The van der Waals surface area contributed by atoms with Gasteiger partial charge in [-0.15, -0.1) is 0 Å². The fourth-order valence-corrected chi connectivity index (χ4v) is 2.22. The van der Waals surface area contributed by atoms with E-state index in [-0.39, 0.29) is 6.42 Å². The van der Waals surface area contributed by atoms with Gasteiger partial charge in [0.2, 0.25) is 0 Å². The van der Waals surface area contributed by atoms with Crippen molar-refractivity contribution in [2.24, 2.45) is 5.11 Å². The van der Waals surface area contributed by atoms with Gasteiger partial charge < -0.3 is 19.3 Å². The average Bonchev–Trinajstić information content (AvgIpc) is 2.20. The molecule has 4 atom stereocenters. The van der Waals surface area contributed by atoms with Gasteiger partial charge in [0, 0.05) is 18.3 Å². The molecule has 1 aliphatic heterocycles. The molecule has 1 rings (SSSR count). The van der Waals surface area contributed by atoms with E-state index >= 15 is 0 Å². The topological polar surface area (TPSA) is 151 Å². The summed E-state index contributed by atoms with van der Waals surface area (Å²) in [5.41, 5.74) is 8.46. The summed E-state index contributed by atoms with van der Waals surface area (Å²) in [5, 5.41) is 3.44. The van der Waals surface area contributed by atoms with Crippen molar-refractivity contribution in [2.75, 3.05) is 0 Å². The summed E-state index contributed by atoms with van der Waals surface area (Å²) >= 11 is 0. The number of esters is 1. The van der Waals surface area contributed by atoms with Crippen LogP contribution in [0.4, 0.5) is 0 Å². The van der Waals surface area contributed by atoms with Gasteiger partial charge in [0.05, 0.1) is 12.1 Å². The predicted octanol–water partition coefficient (Wildman–Crippen LogP) is 0.841. The smallest absolute Gasteiger partial charge is 0.459 e. The molecule has 0 aromatic carbocycles. The van der Waals surface area contributed by atoms with Gasteiger partial charge in [-0.05, 0) is 12.5 Å². The summed E-state index contributed by atoms with van der Waals surface area (Å²) in [5.74, 6) is -0.576. The SMILES string of the molecule is CC(=O)O[C@H]1[C@@H](N=[N+]=[N-])C[C@@H](OP(=O)(O)O)O[C@H]1C. The monoisotopic (exact) mass is 295 g/mol. The Labute approximate surface area is 108 Å². The highest BCUT2D eigenvalue weighted by atomic mass is 31.2. The Morgan fingerprint density at radius 1 is 1.58 bits per heavy atom. The van der Waals surface area contributed by atoms with Gasteiger partial charge in [-0.25, -0.2) is 4.57 Å². The summed E-state index contributed by atoms with van der Waals surface area (Å²) < 4.78 is 25.3.